The number of allylic oxidation sites excluding steroid dienone is 1. The van der Waals surface area contributed by atoms with E-state index in [1.165, 1.54) is 0 Å². The van der Waals surface area contributed by atoms with Crippen LogP contribution in [0.5, 0.6) is 0 Å². The predicted octanol–water partition coefficient (Wildman–Crippen LogP) is 2.62. The average Bonchev–Trinajstić information content (AvgIpc) is 2.17. The molecule has 0 aromatic heterocycles. The molecular weight excluding hydrogens is 190 g/mol. The first-order chi connectivity index (χ1) is 7.15. The van der Waals surface area contributed by atoms with E-state index in [-0.39, 0.29) is 0 Å². The lowest BCUT2D eigenvalue weighted by Gasteiger charge is -2.01. The van der Waals surface area contributed by atoms with E-state index in [1.807, 2.05) is 12.1 Å². The summed E-state index contributed by atoms with van der Waals surface area (Å²) in [6.45, 7) is 1.76. The zero-order chi connectivity index (χ0) is 11.3. The summed E-state index contributed by atoms with van der Waals surface area (Å²) in [7, 11) is 0. The van der Waals surface area contributed by atoms with E-state index in [9.17, 15) is 4.79 Å². The Labute approximate surface area is 88.3 Å². The monoisotopic (exact) mass is 201 g/mol. The molecule has 0 atom stereocenters. The second kappa shape index (κ2) is 4.97. The second-order valence-corrected chi connectivity index (χ2v) is 3.14. The van der Waals surface area contributed by atoms with Crippen LogP contribution in [0.15, 0.2) is 24.3 Å². The number of carboxylic acids is 1. The summed E-state index contributed by atoms with van der Waals surface area (Å²) in [6.07, 6.45) is 3.91. The van der Waals surface area contributed by atoms with Gasteiger partial charge in [-0.3, -0.25) is 0 Å². The number of nitrogens with zero attached hydrogens (tertiary/aromatic N) is 1. The Morgan fingerprint density at radius 3 is 2.87 bits per heavy atom. The number of hydrogen-bond acceptors (Lipinski definition) is 2. The SMILES string of the molecule is Cc1cc(C=CCC#N)ccc1C(=O)O. The highest BCUT2D eigenvalue weighted by Gasteiger charge is 2.05. The molecule has 1 N–H and O–H groups in total. The Balaban J connectivity index is 2.93. The quantitative estimate of drug-likeness (QED) is 0.817. The van der Waals surface area contributed by atoms with E-state index in [1.54, 1.807) is 31.2 Å². The minimum Gasteiger partial charge on any atom is -0.478 e. The fourth-order valence-corrected chi connectivity index (χ4v) is 1.28. The van der Waals surface area contributed by atoms with E-state index in [4.69, 9.17) is 10.4 Å². The number of carboxylic acid groups (broad SMARTS) is 1. The molecule has 0 radical (unpaired) electrons. The first kappa shape index (κ1) is 11.0. The van der Waals surface area contributed by atoms with E-state index in [0.717, 1.165) is 11.1 Å². The van der Waals surface area contributed by atoms with Gasteiger partial charge in [0.2, 0.25) is 0 Å². The summed E-state index contributed by atoms with van der Waals surface area (Å²) in [5.41, 5.74) is 1.95. The second-order valence-electron chi connectivity index (χ2n) is 3.14. The topological polar surface area (TPSA) is 61.1 Å². The smallest absolute Gasteiger partial charge is 0.335 e. The lowest BCUT2D eigenvalue weighted by Crippen LogP contribution is -1.99. The fourth-order valence-electron chi connectivity index (χ4n) is 1.28. The molecule has 0 fully saturated rings. The molecule has 0 saturated carbocycles. The number of nitriles is 1. The van der Waals surface area contributed by atoms with Crippen LogP contribution in [0.1, 0.15) is 27.9 Å². The summed E-state index contributed by atoms with van der Waals surface area (Å²) in [4.78, 5) is 10.7. The maximum atomic E-state index is 10.7. The Hall–Kier alpha value is -2.08. The Kier molecular flexibility index (Phi) is 3.64. The van der Waals surface area contributed by atoms with Crippen molar-refractivity contribution in [1.29, 1.82) is 5.26 Å². The third-order valence-electron chi connectivity index (χ3n) is 2.00. The molecule has 0 heterocycles. The van der Waals surface area contributed by atoms with Gasteiger partial charge in [0.25, 0.3) is 0 Å². The minimum atomic E-state index is -0.917. The molecule has 0 aliphatic rings. The summed E-state index contributed by atoms with van der Waals surface area (Å²) in [6, 6.07) is 7.09. The van der Waals surface area contributed by atoms with Crippen LogP contribution in [-0.4, -0.2) is 11.1 Å². The lowest BCUT2D eigenvalue weighted by molar-refractivity contribution is 0.0696. The third-order valence-corrected chi connectivity index (χ3v) is 2.00. The number of carbonyl (C=O) groups is 1. The normalized spacial score (nSPS) is 10.1. The van der Waals surface area contributed by atoms with Gasteiger partial charge in [-0.05, 0) is 24.1 Å². The fraction of sp³-hybridized carbons (Fsp3) is 0.167. The number of hydrogen-bond donors (Lipinski definition) is 1. The van der Waals surface area contributed by atoms with Gasteiger partial charge >= 0.3 is 5.97 Å². The van der Waals surface area contributed by atoms with E-state index >= 15 is 0 Å². The maximum absolute atomic E-state index is 10.7. The highest BCUT2D eigenvalue weighted by molar-refractivity contribution is 5.89. The molecule has 0 unspecified atom stereocenters. The first-order valence-electron chi connectivity index (χ1n) is 4.52. The number of rotatable bonds is 3. The molecule has 0 spiro atoms. The predicted molar refractivity (Wildman–Crippen MR) is 57.4 cm³/mol. The van der Waals surface area contributed by atoms with Crippen LogP contribution in [0.25, 0.3) is 6.08 Å². The summed E-state index contributed by atoms with van der Waals surface area (Å²) in [5, 5.41) is 17.1. The summed E-state index contributed by atoms with van der Waals surface area (Å²) < 4.78 is 0. The Bertz CT molecular complexity index is 441. The summed E-state index contributed by atoms with van der Waals surface area (Å²) >= 11 is 0. The van der Waals surface area contributed by atoms with Crippen LogP contribution >= 0.6 is 0 Å². The molecule has 76 valence electrons. The number of benzene rings is 1. The largest absolute Gasteiger partial charge is 0.478 e. The molecule has 3 nitrogen and oxygen atoms in total. The van der Waals surface area contributed by atoms with Gasteiger partial charge in [-0.1, -0.05) is 24.3 Å². The van der Waals surface area contributed by atoms with Crippen molar-refractivity contribution >= 4 is 12.0 Å². The van der Waals surface area contributed by atoms with Gasteiger partial charge in [0.05, 0.1) is 18.1 Å². The standard InChI is InChI=1S/C12H11NO2/c1-9-8-10(4-2-3-7-13)5-6-11(9)12(14)15/h2,4-6,8H,3H2,1H3,(H,14,15). The molecule has 0 aliphatic heterocycles. The van der Waals surface area contributed by atoms with Crippen molar-refractivity contribution in [2.75, 3.05) is 0 Å². The molecule has 15 heavy (non-hydrogen) atoms. The van der Waals surface area contributed by atoms with Crippen molar-refractivity contribution in [2.24, 2.45) is 0 Å². The van der Waals surface area contributed by atoms with Crippen LogP contribution in [0.4, 0.5) is 0 Å². The zero-order valence-electron chi connectivity index (χ0n) is 8.40. The Morgan fingerprint density at radius 2 is 2.33 bits per heavy atom. The van der Waals surface area contributed by atoms with Gasteiger partial charge in [-0.25, -0.2) is 4.79 Å². The number of aryl methyl sites for hydroxylation is 1. The molecule has 0 saturated heterocycles. The van der Waals surface area contributed by atoms with Crippen molar-refractivity contribution in [1.82, 2.24) is 0 Å². The highest BCUT2D eigenvalue weighted by atomic mass is 16.4. The van der Waals surface area contributed by atoms with Crippen LogP contribution in [0, 0.1) is 18.3 Å². The molecule has 0 aliphatic carbocycles. The van der Waals surface area contributed by atoms with Gasteiger partial charge in [-0.2, -0.15) is 5.26 Å². The molecule has 3 heteroatoms. The minimum absolute atomic E-state index is 0.312. The molecule has 0 amide bonds. The molecule has 1 aromatic rings. The summed E-state index contributed by atoms with van der Waals surface area (Å²) in [5.74, 6) is -0.917. The van der Waals surface area contributed by atoms with Gasteiger partial charge < -0.3 is 5.11 Å². The van der Waals surface area contributed by atoms with Gasteiger partial charge in [0.1, 0.15) is 0 Å². The third kappa shape index (κ3) is 2.96. The van der Waals surface area contributed by atoms with Crippen molar-refractivity contribution < 1.29 is 9.90 Å². The molecule has 1 rings (SSSR count). The van der Waals surface area contributed by atoms with Crippen LogP contribution in [-0.2, 0) is 0 Å². The van der Waals surface area contributed by atoms with Gasteiger partial charge in [0.15, 0.2) is 0 Å². The highest BCUT2D eigenvalue weighted by Crippen LogP contribution is 2.12. The molecule has 0 bridgehead atoms. The van der Waals surface area contributed by atoms with Crippen molar-refractivity contribution in [3.63, 3.8) is 0 Å². The van der Waals surface area contributed by atoms with E-state index in [2.05, 4.69) is 0 Å². The van der Waals surface area contributed by atoms with Crippen molar-refractivity contribution in [3.8, 4) is 6.07 Å². The molecular formula is C12H11NO2. The number of aromatic carboxylic acids is 1. The average molecular weight is 201 g/mol. The zero-order valence-corrected chi connectivity index (χ0v) is 8.40. The van der Waals surface area contributed by atoms with Crippen LogP contribution < -0.4 is 0 Å². The van der Waals surface area contributed by atoms with Gasteiger partial charge in [0, 0.05) is 0 Å². The van der Waals surface area contributed by atoms with Crippen LogP contribution in [0.2, 0.25) is 0 Å². The van der Waals surface area contributed by atoms with E-state index in [0.29, 0.717) is 12.0 Å². The van der Waals surface area contributed by atoms with Crippen molar-refractivity contribution in [3.05, 3.63) is 41.0 Å². The van der Waals surface area contributed by atoms with E-state index < -0.39 is 5.97 Å². The van der Waals surface area contributed by atoms with Gasteiger partial charge in [-0.15, -0.1) is 0 Å². The maximum Gasteiger partial charge on any atom is 0.335 e. The molecule has 1 aromatic carbocycles. The Morgan fingerprint density at radius 1 is 1.60 bits per heavy atom. The van der Waals surface area contributed by atoms with Crippen molar-refractivity contribution in [2.45, 2.75) is 13.3 Å². The lowest BCUT2D eigenvalue weighted by atomic mass is 10.0. The first-order valence-corrected chi connectivity index (χ1v) is 4.52. The van der Waals surface area contributed by atoms with Crippen LogP contribution in [0.3, 0.4) is 0 Å².